The molecule has 0 saturated heterocycles. The fraction of sp³-hybridized carbons (Fsp3) is 0.480. The van der Waals surface area contributed by atoms with Gasteiger partial charge >= 0.3 is 5.20 Å². The smallest absolute Gasteiger partial charge is 0.339 e. The Bertz CT molecular complexity index is 774. The molecule has 2 rings (SSSR count). The number of benzene rings is 2. The van der Waals surface area contributed by atoms with Crippen molar-refractivity contribution >= 4 is 44.6 Å². The van der Waals surface area contributed by atoms with Crippen LogP contribution in [0.3, 0.4) is 0 Å². The molecule has 0 atom stereocenters. The fourth-order valence-corrected chi connectivity index (χ4v) is 3.20. The molecular formula is C25H40Cl4N3OP. The van der Waals surface area contributed by atoms with Crippen molar-refractivity contribution < 1.29 is 21.5 Å². The molecule has 0 N–H and O–H groups in total. The maximum absolute atomic E-state index is 9.51. The highest BCUT2D eigenvalue weighted by atomic mass is 36.0. The number of quaternary nitrogens is 1. The zero-order chi connectivity index (χ0) is 25.8. The SMILES string of the molecule is CC#N.CCN(CC)c1ccccc1.CC[N+](CC)(CC)Cc1ccccc1.O=P(Cl)(Cl)Cl.[Cl-]. The van der Waals surface area contributed by atoms with E-state index in [2.05, 4.69) is 128 Å². The van der Waals surface area contributed by atoms with E-state index >= 15 is 0 Å². The van der Waals surface area contributed by atoms with Gasteiger partial charge in [0.2, 0.25) is 0 Å². The maximum Gasteiger partial charge on any atom is 0.339 e. The molecule has 0 aliphatic rings. The molecule has 9 heteroatoms. The molecule has 0 aliphatic carbocycles. The van der Waals surface area contributed by atoms with Crippen molar-refractivity contribution in [1.82, 2.24) is 0 Å². The van der Waals surface area contributed by atoms with Crippen LogP contribution in [0.15, 0.2) is 60.7 Å². The van der Waals surface area contributed by atoms with Crippen LogP contribution in [0.1, 0.15) is 47.1 Å². The zero-order valence-electron chi connectivity index (χ0n) is 21.2. The van der Waals surface area contributed by atoms with Crippen LogP contribution in [-0.4, -0.2) is 37.2 Å². The Labute approximate surface area is 228 Å². The topological polar surface area (TPSA) is 44.1 Å². The van der Waals surface area contributed by atoms with Gasteiger partial charge in [0.25, 0.3) is 0 Å². The summed E-state index contributed by atoms with van der Waals surface area (Å²) in [6.07, 6.45) is 0. The summed E-state index contributed by atoms with van der Waals surface area (Å²) in [4.78, 5) is 2.33. The molecule has 0 fully saturated rings. The molecule has 2 aromatic carbocycles. The van der Waals surface area contributed by atoms with Gasteiger partial charge in [0, 0.05) is 31.3 Å². The van der Waals surface area contributed by atoms with Gasteiger partial charge in [-0.3, -0.25) is 4.57 Å². The van der Waals surface area contributed by atoms with E-state index in [0.29, 0.717) is 0 Å². The summed E-state index contributed by atoms with van der Waals surface area (Å²) in [5.41, 5.74) is 2.77. The van der Waals surface area contributed by atoms with E-state index in [0.717, 1.165) is 13.1 Å². The lowest BCUT2D eigenvalue weighted by molar-refractivity contribution is -0.936. The van der Waals surface area contributed by atoms with E-state index in [-0.39, 0.29) is 12.4 Å². The Morgan fingerprint density at radius 2 is 1.15 bits per heavy atom. The molecule has 0 heterocycles. The zero-order valence-corrected chi connectivity index (χ0v) is 25.1. The number of hydrogen-bond donors (Lipinski definition) is 0. The van der Waals surface area contributed by atoms with Gasteiger partial charge in [0.05, 0.1) is 25.7 Å². The van der Waals surface area contributed by atoms with Gasteiger partial charge < -0.3 is 21.8 Å². The Morgan fingerprint density at radius 1 is 0.824 bits per heavy atom. The number of rotatable bonds is 8. The van der Waals surface area contributed by atoms with E-state index in [1.165, 1.54) is 48.8 Å². The molecular weight excluding hydrogens is 531 g/mol. The number of nitrogens with zero attached hydrogens (tertiary/aromatic N) is 3. The van der Waals surface area contributed by atoms with Crippen LogP contribution >= 0.6 is 38.9 Å². The van der Waals surface area contributed by atoms with Crippen molar-refractivity contribution in [1.29, 1.82) is 5.26 Å². The highest BCUT2D eigenvalue weighted by molar-refractivity contribution is 8.24. The third-order valence-corrected chi connectivity index (χ3v) is 5.26. The summed E-state index contributed by atoms with van der Waals surface area (Å²) in [6, 6.07) is 23.0. The van der Waals surface area contributed by atoms with Crippen molar-refractivity contribution in [2.24, 2.45) is 0 Å². The molecule has 4 nitrogen and oxygen atoms in total. The summed E-state index contributed by atoms with van der Waals surface area (Å²) >= 11 is 13.8. The lowest BCUT2D eigenvalue weighted by Gasteiger charge is -2.35. The average molecular weight is 571 g/mol. The first-order chi connectivity index (χ1) is 15.6. The highest BCUT2D eigenvalue weighted by Gasteiger charge is 2.20. The van der Waals surface area contributed by atoms with E-state index in [9.17, 15) is 4.57 Å². The quantitative estimate of drug-likeness (QED) is 0.291. The molecule has 0 radical (unpaired) electrons. The molecule has 0 bridgehead atoms. The lowest BCUT2D eigenvalue weighted by atomic mass is 10.2. The van der Waals surface area contributed by atoms with Crippen LogP contribution in [0, 0.1) is 11.3 Å². The minimum absolute atomic E-state index is 0. The molecule has 34 heavy (non-hydrogen) atoms. The number of para-hydroxylation sites is 1. The van der Waals surface area contributed by atoms with Gasteiger partial charge in [-0.15, -0.1) is 0 Å². The maximum atomic E-state index is 9.51. The summed E-state index contributed by atoms with van der Waals surface area (Å²) in [7, 11) is 0. The number of anilines is 1. The molecule has 0 aliphatic heterocycles. The van der Waals surface area contributed by atoms with Crippen LogP contribution in [-0.2, 0) is 11.1 Å². The molecule has 0 saturated carbocycles. The summed E-state index contributed by atoms with van der Waals surface area (Å²) in [6.45, 7) is 19.7. The third kappa shape index (κ3) is 20.5. The Balaban J connectivity index is -0.000000428. The molecule has 0 aromatic heterocycles. The number of nitriles is 1. The highest BCUT2D eigenvalue weighted by Crippen LogP contribution is 2.61. The molecule has 2 aromatic rings. The second-order valence-electron chi connectivity index (χ2n) is 7.06. The summed E-state index contributed by atoms with van der Waals surface area (Å²) in [5, 5.41) is 4.10. The Kier molecular flexibility index (Phi) is 24.9. The Morgan fingerprint density at radius 3 is 1.44 bits per heavy atom. The molecule has 0 spiro atoms. The largest absolute Gasteiger partial charge is 1.00 e. The van der Waals surface area contributed by atoms with Crippen molar-refractivity contribution in [3.05, 3.63) is 66.2 Å². The second-order valence-corrected chi connectivity index (χ2v) is 13.7. The number of halogens is 4. The summed E-state index contributed by atoms with van der Waals surface area (Å²) < 4.78 is 10.7. The van der Waals surface area contributed by atoms with Gasteiger partial charge in [0.15, 0.2) is 0 Å². The van der Waals surface area contributed by atoms with Crippen LogP contribution in [0.4, 0.5) is 5.69 Å². The van der Waals surface area contributed by atoms with Gasteiger partial charge in [-0.05, 0) is 80.5 Å². The van der Waals surface area contributed by atoms with E-state index < -0.39 is 5.20 Å². The molecule has 0 amide bonds. The van der Waals surface area contributed by atoms with Gasteiger partial charge in [0.1, 0.15) is 6.54 Å². The van der Waals surface area contributed by atoms with Crippen LogP contribution in [0.25, 0.3) is 0 Å². The monoisotopic (exact) mass is 569 g/mol. The van der Waals surface area contributed by atoms with Crippen molar-refractivity contribution in [2.75, 3.05) is 37.6 Å². The first kappa shape index (κ1) is 37.6. The third-order valence-electron chi connectivity index (χ3n) is 5.26. The van der Waals surface area contributed by atoms with Crippen LogP contribution in [0.2, 0.25) is 0 Å². The minimum atomic E-state index is -3.22. The van der Waals surface area contributed by atoms with E-state index in [1.807, 2.05) is 6.07 Å². The standard InChI is InChI=1S/C13H22N.C10H15N.C2H3N.Cl3OP.ClH/c1-4-14(5-2,6-3)12-13-10-8-7-9-11-13;1-3-11(4-2)10-8-6-5-7-9-10;1-2-3;1-5(2,3)4;/h7-11H,4-6,12H2,1-3H3;5-9H,3-4H2,1-2H3;1H3;;1H/q+1;;;;/p-1. The Hall–Kier alpha value is -0.920. The average Bonchev–Trinajstić information content (AvgIpc) is 2.80. The summed E-state index contributed by atoms with van der Waals surface area (Å²) in [5.74, 6) is 0. The van der Waals surface area contributed by atoms with Crippen LogP contribution < -0.4 is 17.3 Å². The van der Waals surface area contributed by atoms with Crippen LogP contribution in [0.5, 0.6) is 0 Å². The first-order valence-corrected chi connectivity index (χ1v) is 15.7. The van der Waals surface area contributed by atoms with Gasteiger partial charge in [-0.25, -0.2) is 0 Å². The molecule has 0 unspecified atom stereocenters. The molecule has 194 valence electrons. The second kappa shape index (κ2) is 22.5. The van der Waals surface area contributed by atoms with Crippen molar-refractivity contribution in [3.8, 4) is 6.07 Å². The van der Waals surface area contributed by atoms with Gasteiger partial charge in [-0.1, -0.05) is 48.5 Å². The van der Waals surface area contributed by atoms with E-state index in [4.69, 9.17) is 5.26 Å². The van der Waals surface area contributed by atoms with E-state index in [1.54, 1.807) is 6.07 Å². The normalized spacial score (nSPS) is 9.88. The number of hydrogen-bond acceptors (Lipinski definition) is 3. The van der Waals surface area contributed by atoms with Crippen molar-refractivity contribution in [2.45, 2.75) is 48.1 Å². The van der Waals surface area contributed by atoms with Gasteiger partial charge in [-0.2, -0.15) is 5.26 Å². The lowest BCUT2D eigenvalue weighted by Crippen LogP contribution is -3.00. The fourth-order valence-electron chi connectivity index (χ4n) is 3.20. The first-order valence-electron chi connectivity index (χ1n) is 11.2. The minimum Gasteiger partial charge on any atom is -1.00 e. The predicted octanol–water partition coefficient (Wildman–Crippen LogP) is 5.94. The predicted molar refractivity (Wildman–Crippen MR) is 148 cm³/mol. The van der Waals surface area contributed by atoms with Crippen molar-refractivity contribution in [3.63, 3.8) is 0 Å².